The van der Waals surface area contributed by atoms with Gasteiger partial charge in [0.1, 0.15) is 0 Å². The van der Waals surface area contributed by atoms with E-state index in [1.54, 1.807) is 0 Å². The SMILES string of the molecule is CCC(C)N(C)CC(=O)c1sccc1Br. The number of carbonyl (C=O) groups is 1. The average Bonchev–Trinajstić information content (AvgIpc) is 2.63. The molecule has 1 rings (SSSR count). The van der Waals surface area contributed by atoms with Crippen molar-refractivity contribution in [3.63, 3.8) is 0 Å². The summed E-state index contributed by atoms with van der Waals surface area (Å²) in [4.78, 5) is 14.8. The van der Waals surface area contributed by atoms with E-state index in [0.717, 1.165) is 15.8 Å². The van der Waals surface area contributed by atoms with Crippen LogP contribution in [0.15, 0.2) is 15.9 Å². The maximum atomic E-state index is 11.9. The number of rotatable bonds is 5. The minimum atomic E-state index is 0.194. The lowest BCUT2D eigenvalue weighted by Crippen LogP contribution is -2.33. The van der Waals surface area contributed by atoms with Gasteiger partial charge in [-0.3, -0.25) is 9.69 Å². The van der Waals surface area contributed by atoms with Crippen molar-refractivity contribution >= 4 is 33.0 Å². The van der Waals surface area contributed by atoms with E-state index in [1.807, 2.05) is 18.5 Å². The Kier molecular flexibility index (Phi) is 4.96. The van der Waals surface area contributed by atoms with Crippen LogP contribution in [0, 0.1) is 0 Å². The summed E-state index contributed by atoms with van der Waals surface area (Å²) in [6, 6.07) is 2.37. The first kappa shape index (κ1) is 12.9. The van der Waals surface area contributed by atoms with Crippen LogP contribution in [0.5, 0.6) is 0 Å². The van der Waals surface area contributed by atoms with E-state index in [4.69, 9.17) is 0 Å². The number of hydrogen-bond acceptors (Lipinski definition) is 3. The fourth-order valence-electron chi connectivity index (χ4n) is 1.26. The molecular formula is C11H16BrNOS. The molecule has 0 bridgehead atoms. The van der Waals surface area contributed by atoms with Crippen LogP contribution in [0.2, 0.25) is 0 Å². The van der Waals surface area contributed by atoms with E-state index >= 15 is 0 Å². The lowest BCUT2D eigenvalue weighted by atomic mass is 10.2. The first-order valence-electron chi connectivity index (χ1n) is 5.02. The van der Waals surface area contributed by atoms with Crippen LogP contribution in [-0.2, 0) is 0 Å². The van der Waals surface area contributed by atoms with Crippen LogP contribution in [0.4, 0.5) is 0 Å². The highest BCUT2D eigenvalue weighted by molar-refractivity contribution is 9.10. The normalized spacial score (nSPS) is 13.1. The second-order valence-corrected chi connectivity index (χ2v) is 5.46. The largest absolute Gasteiger partial charge is 0.296 e. The second kappa shape index (κ2) is 5.77. The van der Waals surface area contributed by atoms with Gasteiger partial charge in [0.05, 0.1) is 11.4 Å². The highest BCUT2D eigenvalue weighted by Gasteiger charge is 2.16. The number of halogens is 1. The zero-order valence-corrected chi connectivity index (χ0v) is 11.7. The first-order chi connectivity index (χ1) is 7.06. The molecule has 0 N–H and O–H groups in total. The van der Waals surface area contributed by atoms with Crippen molar-refractivity contribution in [3.05, 3.63) is 20.8 Å². The highest BCUT2D eigenvalue weighted by Crippen LogP contribution is 2.23. The van der Waals surface area contributed by atoms with Gasteiger partial charge in [-0.15, -0.1) is 11.3 Å². The summed E-state index contributed by atoms with van der Waals surface area (Å²) in [5.41, 5.74) is 0. The van der Waals surface area contributed by atoms with E-state index in [1.165, 1.54) is 11.3 Å². The van der Waals surface area contributed by atoms with Gasteiger partial charge in [0.25, 0.3) is 0 Å². The van der Waals surface area contributed by atoms with Crippen molar-refractivity contribution in [1.82, 2.24) is 4.90 Å². The minimum Gasteiger partial charge on any atom is -0.296 e. The maximum Gasteiger partial charge on any atom is 0.187 e. The number of nitrogens with zero attached hydrogens (tertiary/aromatic N) is 1. The number of carbonyl (C=O) groups excluding carboxylic acids is 1. The van der Waals surface area contributed by atoms with E-state index in [-0.39, 0.29) is 5.78 Å². The molecule has 0 fully saturated rings. The van der Waals surface area contributed by atoms with Gasteiger partial charge < -0.3 is 0 Å². The molecular weight excluding hydrogens is 274 g/mol. The molecule has 2 nitrogen and oxygen atoms in total. The summed E-state index contributed by atoms with van der Waals surface area (Å²) in [7, 11) is 1.99. The third-order valence-electron chi connectivity index (χ3n) is 2.61. The molecule has 0 spiro atoms. The van der Waals surface area contributed by atoms with Crippen molar-refractivity contribution in [3.8, 4) is 0 Å². The van der Waals surface area contributed by atoms with Crippen LogP contribution < -0.4 is 0 Å². The molecule has 0 saturated carbocycles. The van der Waals surface area contributed by atoms with Gasteiger partial charge in [-0.05, 0) is 47.8 Å². The summed E-state index contributed by atoms with van der Waals surface area (Å²) in [6.45, 7) is 4.76. The van der Waals surface area contributed by atoms with Crippen molar-refractivity contribution in [2.75, 3.05) is 13.6 Å². The molecule has 1 atom stereocenters. The quantitative estimate of drug-likeness (QED) is 0.774. The van der Waals surface area contributed by atoms with Crippen LogP contribution in [0.1, 0.15) is 29.9 Å². The van der Waals surface area contributed by atoms with Gasteiger partial charge in [0, 0.05) is 10.5 Å². The van der Waals surface area contributed by atoms with Gasteiger partial charge >= 0.3 is 0 Å². The van der Waals surface area contributed by atoms with Crippen molar-refractivity contribution < 1.29 is 4.79 Å². The molecule has 0 aliphatic rings. The van der Waals surface area contributed by atoms with Crippen LogP contribution >= 0.6 is 27.3 Å². The van der Waals surface area contributed by atoms with E-state index < -0.39 is 0 Å². The molecule has 0 radical (unpaired) electrons. The summed E-state index contributed by atoms with van der Waals surface area (Å²) < 4.78 is 0.912. The number of Topliss-reactive ketones (excluding diaryl/α,β-unsaturated/α-hetero) is 1. The number of likely N-dealkylation sites (N-methyl/N-ethyl adjacent to an activating group) is 1. The van der Waals surface area contributed by atoms with Crippen molar-refractivity contribution in [2.45, 2.75) is 26.3 Å². The molecule has 4 heteroatoms. The fourth-order valence-corrected chi connectivity index (χ4v) is 2.78. The Morgan fingerprint density at radius 3 is 2.80 bits per heavy atom. The summed E-state index contributed by atoms with van der Waals surface area (Å²) >= 11 is 4.88. The molecule has 84 valence electrons. The molecule has 1 unspecified atom stereocenters. The maximum absolute atomic E-state index is 11.9. The minimum absolute atomic E-state index is 0.194. The Hall–Kier alpha value is -0.190. The molecule has 0 aliphatic heterocycles. The van der Waals surface area contributed by atoms with Crippen LogP contribution in [0.25, 0.3) is 0 Å². The highest BCUT2D eigenvalue weighted by atomic mass is 79.9. The molecule has 0 amide bonds. The standard InChI is InChI=1S/C11H16BrNOS/c1-4-8(2)13(3)7-10(14)11-9(12)5-6-15-11/h5-6,8H,4,7H2,1-3H3. The Balaban J connectivity index is 2.60. The lowest BCUT2D eigenvalue weighted by Gasteiger charge is -2.22. The molecule has 1 heterocycles. The van der Waals surface area contributed by atoms with Crippen molar-refractivity contribution in [2.24, 2.45) is 0 Å². The zero-order chi connectivity index (χ0) is 11.4. The Bertz CT molecular complexity index is 337. The van der Waals surface area contributed by atoms with Crippen molar-refractivity contribution in [1.29, 1.82) is 0 Å². The summed E-state index contributed by atoms with van der Waals surface area (Å²) in [6.07, 6.45) is 1.06. The van der Waals surface area contributed by atoms with E-state index in [9.17, 15) is 4.79 Å². The molecule has 0 aromatic carbocycles. The second-order valence-electron chi connectivity index (χ2n) is 3.69. The van der Waals surface area contributed by atoms with Gasteiger partial charge in [0.2, 0.25) is 0 Å². The third kappa shape index (κ3) is 3.40. The monoisotopic (exact) mass is 289 g/mol. The van der Waals surface area contributed by atoms with Gasteiger partial charge in [-0.25, -0.2) is 0 Å². The van der Waals surface area contributed by atoms with E-state index in [2.05, 4.69) is 34.7 Å². The Morgan fingerprint density at radius 1 is 1.67 bits per heavy atom. The molecule has 0 saturated heterocycles. The molecule has 1 aromatic heterocycles. The first-order valence-corrected chi connectivity index (χ1v) is 6.70. The molecule has 15 heavy (non-hydrogen) atoms. The summed E-state index contributed by atoms with van der Waals surface area (Å²) in [5.74, 6) is 0.194. The Labute approximate surface area is 103 Å². The lowest BCUT2D eigenvalue weighted by molar-refractivity contribution is 0.0926. The van der Waals surface area contributed by atoms with Gasteiger partial charge in [-0.1, -0.05) is 6.92 Å². The molecule has 1 aromatic rings. The fraction of sp³-hybridized carbons (Fsp3) is 0.545. The van der Waals surface area contributed by atoms with E-state index in [0.29, 0.717) is 12.6 Å². The zero-order valence-electron chi connectivity index (χ0n) is 9.29. The van der Waals surface area contributed by atoms with Gasteiger partial charge in [0.15, 0.2) is 5.78 Å². The number of ketones is 1. The third-order valence-corrected chi connectivity index (χ3v) is 4.49. The topological polar surface area (TPSA) is 20.3 Å². The van der Waals surface area contributed by atoms with Gasteiger partial charge in [-0.2, -0.15) is 0 Å². The summed E-state index contributed by atoms with van der Waals surface area (Å²) in [5, 5.41) is 1.93. The predicted octanol–water partition coefficient (Wildman–Crippen LogP) is 3.42. The Morgan fingerprint density at radius 2 is 2.33 bits per heavy atom. The van der Waals surface area contributed by atoms with Crippen LogP contribution in [0.3, 0.4) is 0 Å². The molecule has 0 aliphatic carbocycles. The number of hydrogen-bond donors (Lipinski definition) is 0. The van der Waals surface area contributed by atoms with Crippen LogP contribution in [-0.4, -0.2) is 30.3 Å². The predicted molar refractivity (Wildman–Crippen MR) is 68.7 cm³/mol. The number of thiophene rings is 1. The average molecular weight is 290 g/mol. The smallest absolute Gasteiger partial charge is 0.187 e.